The van der Waals surface area contributed by atoms with Crippen molar-refractivity contribution in [1.82, 2.24) is 4.57 Å². The van der Waals surface area contributed by atoms with Crippen molar-refractivity contribution in [2.24, 2.45) is 11.5 Å². The summed E-state index contributed by atoms with van der Waals surface area (Å²) in [6.45, 7) is 0.950. The molecule has 6 nitrogen and oxygen atoms in total. The summed E-state index contributed by atoms with van der Waals surface area (Å²) in [6, 6.07) is 14.1. The molecule has 4 N–H and O–H groups in total. The molecule has 0 radical (unpaired) electrons. The van der Waals surface area contributed by atoms with Gasteiger partial charge in [-0.05, 0) is 31.9 Å². The molecule has 1 aliphatic rings. The van der Waals surface area contributed by atoms with Gasteiger partial charge in [0.15, 0.2) is 5.78 Å². The molecular formula is C25H29Cl2N3O3. The van der Waals surface area contributed by atoms with Crippen LogP contribution in [0.2, 0.25) is 0 Å². The van der Waals surface area contributed by atoms with Crippen molar-refractivity contribution < 1.29 is 9.59 Å². The van der Waals surface area contributed by atoms with Gasteiger partial charge in [-0.3, -0.25) is 14.4 Å². The van der Waals surface area contributed by atoms with E-state index in [4.69, 9.17) is 11.5 Å². The van der Waals surface area contributed by atoms with Crippen molar-refractivity contribution in [3.63, 3.8) is 0 Å². The van der Waals surface area contributed by atoms with Crippen LogP contribution in [-0.2, 0) is 11.3 Å². The third-order valence-corrected chi connectivity index (χ3v) is 6.02. The van der Waals surface area contributed by atoms with Crippen molar-refractivity contribution in [3.8, 4) is 11.3 Å². The molecule has 0 bridgehead atoms. The lowest BCUT2D eigenvalue weighted by Crippen LogP contribution is -2.31. The van der Waals surface area contributed by atoms with Crippen LogP contribution in [0.25, 0.3) is 22.0 Å². The van der Waals surface area contributed by atoms with Gasteiger partial charge in [0.2, 0.25) is 0 Å². The lowest BCUT2D eigenvalue weighted by atomic mass is 10.0. The van der Waals surface area contributed by atoms with Crippen LogP contribution in [-0.4, -0.2) is 28.7 Å². The second kappa shape index (κ2) is 11.6. The van der Waals surface area contributed by atoms with E-state index < -0.39 is 6.04 Å². The number of carbonyl (C=O) groups is 2. The lowest BCUT2D eigenvalue weighted by Gasteiger charge is -2.15. The minimum absolute atomic E-state index is 0. The minimum Gasteiger partial charge on any atom is -0.330 e. The van der Waals surface area contributed by atoms with E-state index in [9.17, 15) is 14.4 Å². The molecule has 1 unspecified atom stereocenters. The molecule has 0 aliphatic heterocycles. The molecule has 8 heteroatoms. The highest BCUT2D eigenvalue weighted by Crippen LogP contribution is 2.39. The van der Waals surface area contributed by atoms with Crippen LogP contribution in [0.5, 0.6) is 0 Å². The van der Waals surface area contributed by atoms with Gasteiger partial charge in [-0.1, -0.05) is 48.9 Å². The number of Topliss-reactive ketones (excluding diaryl/α,β-unsaturated/α-hetero) is 1. The van der Waals surface area contributed by atoms with E-state index in [1.165, 1.54) is 0 Å². The van der Waals surface area contributed by atoms with E-state index >= 15 is 0 Å². The molecular weight excluding hydrogens is 461 g/mol. The van der Waals surface area contributed by atoms with Crippen molar-refractivity contribution in [3.05, 3.63) is 70.0 Å². The number of halogens is 2. The number of rotatable bonds is 9. The fraction of sp³-hybridized carbons (Fsp3) is 0.320. The Hall–Kier alpha value is -2.51. The normalized spacial score (nSPS) is 12.5. The van der Waals surface area contributed by atoms with E-state index in [1.807, 2.05) is 30.3 Å². The number of nitrogens with zero attached hydrogens (tertiary/aromatic N) is 1. The monoisotopic (exact) mass is 489 g/mol. The third-order valence-electron chi connectivity index (χ3n) is 6.02. The first kappa shape index (κ1) is 26.7. The summed E-state index contributed by atoms with van der Waals surface area (Å²) in [5, 5.41) is 1.20. The van der Waals surface area contributed by atoms with Crippen LogP contribution in [0.3, 0.4) is 0 Å². The summed E-state index contributed by atoms with van der Waals surface area (Å²) in [5.74, 6) is -0.0625. The molecule has 0 fully saturated rings. The van der Waals surface area contributed by atoms with Crippen LogP contribution in [0.1, 0.15) is 48.0 Å². The Morgan fingerprint density at radius 2 is 1.52 bits per heavy atom. The topological polar surface area (TPSA) is 108 Å². The summed E-state index contributed by atoms with van der Waals surface area (Å²) in [4.78, 5) is 38.9. The fourth-order valence-corrected chi connectivity index (χ4v) is 4.41. The van der Waals surface area contributed by atoms with Crippen molar-refractivity contribution in [1.29, 1.82) is 0 Å². The minimum atomic E-state index is -0.493. The molecule has 0 amide bonds. The number of hydrogen-bond acceptors (Lipinski definition) is 5. The van der Waals surface area contributed by atoms with Gasteiger partial charge in [0, 0.05) is 34.9 Å². The molecule has 1 heterocycles. The highest BCUT2D eigenvalue weighted by molar-refractivity contribution is 6.26. The average molecular weight is 490 g/mol. The first-order valence-corrected chi connectivity index (χ1v) is 10.8. The number of ketones is 2. The summed E-state index contributed by atoms with van der Waals surface area (Å²) < 4.78 is 1.66. The number of aromatic nitrogens is 1. The van der Waals surface area contributed by atoms with Crippen LogP contribution in [0.4, 0.5) is 0 Å². The molecule has 4 rings (SSSR count). The van der Waals surface area contributed by atoms with Gasteiger partial charge in [0.25, 0.3) is 5.56 Å². The Kier molecular flexibility index (Phi) is 9.37. The number of fused-ring (bicyclic) bond motifs is 5. The smallest absolute Gasteiger partial charge is 0.258 e. The molecule has 176 valence electrons. The first-order chi connectivity index (χ1) is 15.0. The Balaban J connectivity index is 0.00000193. The van der Waals surface area contributed by atoms with E-state index in [2.05, 4.69) is 0 Å². The number of benzene rings is 2. The molecule has 33 heavy (non-hydrogen) atoms. The number of unbranched alkanes of at least 4 members (excludes halogenated alkanes) is 1. The zero-order valence-electron chi connectivity index (χ0n) is 18.3. The highest BCUT2D eigenvalue weighted by atomic mass is 35.5. The van der Waals surface area contributed by atoms with Crippen LogP contribution >= 0.6 is 24.8 Å². The quantitative estimate of drug-likeness (QED) is 0.347. The maximum Gasteiger partial charge on any atom is 0.258 e. The predicted octanol–water partition coefficient (Wildman–Crippen LogP) is 3.86. The van der Waals surface area contributed by atoms with Crippen molar-refractivity contribution in [2.75, 3.05) is 6.54 Å². The van der Waals surface area contributed by atoms with E-state index in [0.29, 0.717) is 59.9 Å². The van der Waals surface area contributed by atoms with E-state index in [-0.39, 0.29) is 41.9 Å². The van der Waals surface area contributed by atoms with Gasteiger partial charge in [-0.2, -0.15) is 0 Å². The van der Waals surface area contributed by atoms with E-state index in [0.717, 1.165) is 18.4 Å². The number of pyridine rings is 1. The number of nitrogens with two attached hydrogens (primary N) is 2. The zero-order chi connectivity index (χ0) is 22.0. The lowest BCUT2D eigenvalue weighted by molar-refractivity contribution is -0.120. The van der Waals surface area contributed by atoms with Gasteiger partial charge in [-0.25, -0.2) is 0 Å². The Labute approximate surface area is 205 Å². The van der Waals surface area contributed by atoms with Crippen LogP contribution < -0.4 is 17.0 Å². The second-order valence-electron chi connectivity index (χ2n) is 8.06. The Bertz CT molecular complexity index is 1220. The molecule has 1 atom stereocenters. The van der Waals surface area contributed by atoms with Crippen LogP contribution in [0.15, 0.2) is 53.3 Å². The Morgan fingerprint density at radius 1 is 0.879 bits per heavy atom. The maximum absolute atomic E-state index is 13.3. The average Bonchev–Trinajstić information content (AvgIpc) is 3.09. The standard InChI is InChI=1S/C25H27N3O3.2ClH/c26-14-6-5-12-20(27)21(29)13-7-15-28-23-17-9-2-3-10-18(17)24(30)22(23)16-8-1-4-11-19(16)25(28)31;;/h1-4,8-11,20H,5-7,12-15,26-27H2;2*1H. The molecule has 3 aromatic rings. The third kappa shape index (κ3) is 5.04. The second-order valence-corrected chi connectivity index (χ2v) is 8.06. The van der Waals surface area contributed by atoms with Gasteiger partial charge < -0.3 is 16.0 Å². The van der Waals surface area contributed by atoms with Gasteiger partial charge >= 0.3 is 0 Å². The fourth-order valence-electron chi connectivity index (χ4n) is 4.41. The number of hydrogen-bond donors (Lipinski definition) is 2. The Morgan fingerprint density at radius 3 is 2.21 bits per heavy atom. The molecule has 2 aromatic carbocycles. The summed E-state index contributed by atoms with van der Waals surface area (Å²) in [5.41, 5.74) is 14.0. The molecule has 0 spiro atoms. The van der Waals surface area contributed by atoms with Gasteiger partial charge in [-0.15, -0.1) is 24.8 Å². The number of carbonyl (C=O) groups excluding carboxylic acids is 2. The van der Waals surface area contributed by atoms with Gasteiger partial charge in [0.05, 0.1) is 17.3 Å². The molecule has 0 saturated heterocycles. The highest BCUT2D eigenvalue weighted by Gasteiger charge is 2.32. The summed E-state index contributed by atoms with van der Waals surface area (Å²) >= 11 is 0. The molecule has 0 saturated carbocycles. The van der Waals surface area contributed by atoms with Crippen molar-refractivity contribution >= 4 is 47.2 Å². The van der Waals surface area contributed by atoms with E-state index in [1.54, 1.807) is 22.8 Å². The SMILES string of the molecule is Cl.Cl.NCCCCC(N)C(=O)CCCn1c2c(c3ccccc3c1=O)C(=O)c1ccccc1-2. The first-order valence-electron chi connectivity index (χ1n) is 10.8. The zero-order valence-corrected chi connectivity index (χ0v) is 19.9. The maximum atomic E-state index is 13.3. The summed E-state index contributed by atoms with van der Waals surface area (Å²) in [6.07, 6.45) is 3.11. The molecule has 1 aromatic heterocycles. The van der Waals surface area contributed by atoms with Crippen LogP contribution in [0, 0.1) is 0 Å². The van der Waals surface area contributed by atoms with Crippen molar-refractivity contribution in [2.45, 2.75) is 44.7 Å². The largest absolute Gasteiger partial charge is 0.330 e. The molecule has 1 aliphatic carbocycles. The van der Waals surface area contributed by atoms with Gasteiger partial charge in [0.1, 0.15) is 5.78 Å². The summed E-state index contributed by atoms with van der Waals surface area (Å²) in [7, 11) is 0. The predicted molar refractivity (Wildman–Crippen MR) is 137 cm³/mol.